The average molecular weight is 534 g/mol. The molecule has 35 heavy (non-hydrogen) atoms. The third-order valence-electron chi connectivity index (χ3n) is 5.06. The lowest BCUT2D eigenvalue weighted by atomic mass is 10.1. The maximum atomic E-state index is 12.7. The predicted molar refractivity (Wildman–Crippen MR) is 140 cm³/mol. The van der Waals surface area contributed by atoms with Crippen LogP contribution < -0.4 is 9.46 Å². The Labute approximate surface area is 215 Å². The van der Waals surface area contributed by atoms with E-state index < -0.39 is 16.0 Å². The molecule has 0 fully saturated rings. The molecule has 3 aromatic rings. The largest absolute Gasteiger partial charge is 0.493 e. The number of halogens is 2. The Bertz CT molecular complexity index is 1290. The molecule has 9 heteroatoms. The number of sulfonamides is 1. The molecule has 184 valence electrons. The van der Waals surface area contributed by atoms with Gasteiger partial charge in [-0.2, -0.15) is 0 Å². The molecule has 0 aromatic heterocycles. The topological polar surface area (TPSA) is 92.7 Å². The molecule has 0 heterocycles. The monoisotopic (exact) mass is 533 g/mol. The Balaban J connectivity index is 1.58. The fourth-order valence-electron chi connectivity index (χ4n) is 3.27. The minimum absolute atomic E-state index is 0.0501. The highest BCUT2D eigenvalue weighted by Gasteiger charge is 2.18. The van der Waals surface area contributed by atoms with E-state index >= 15 is 0 Å². The van der Waals surface area contributed by atoms with Crippen molar-refractivity contribution in [3.63, 3.8) is 0 Å². The predicted octanol–water partition coefficient (Wildman–Crippen LogP) is 6.68. The second-order valence-electron chi connectivity index (χ2n) is 7.64. The van der Waals surface area contributed by atoms with Crippen molar-refractivity contribution in [2.75, 3.05) is 11.3 Å². The van der Waals surface area contributed by atoms with Crippen LogP contribution in [0.2, 0.25) is 10.0 Å². The molecule has 0 bridgehead atoms. The van der Waals surface area contributed by atoms with E-state index in [-0.39, 0.29) is 27.0 Å². The number of aryl methyl sites for hydroxylation is 1. The van der Waals surface area contributed by atoms with Crippen molar-refractivity contribution in [2.24, 2.45) is 0 Å². The highest BCUT2D eigenvalue weighted by atomic mass is 35.5. The van der Waals surface area contributed by atoms with Crippen LogP contribution in [0.15, 0.2) is 77.7 Å². The van der Waals surface area contributed by atoms with Gasteiger partial charge in [0.25, 0.3) is 10.0 Å². The van der Waals surface area contributed by atoms with E-state index in [1.807, 2.05) is 30.3 Å². The van der Waals surface area contributed by atoms with Gasteiger partial charge < -0.3 is 9.84 Å². The zero-order valence-electron chi connectivity index (χ0n) is 18.8. The van der Waals surface area contributed by atoms with Gasteiger partial charge in [0.2, 0.25) is 0 Å². The van der Waals surface area contributed by atoms with E-state index in [1.165, 1.54) is 12.1 Å². The molecule has 0 saturated carbocycles. The van der Waals surface area contributed by atoms with E-state index in [2.05, 4.69) is 4.72 Å². The quantitative estimate of drug-likeness (QED) is 0.253. The smallest absolute Gasteiger partial charge is 0.303 e. The normalized spacial score (nSPS) is 11.5. The fourth-order valence-corrected chi connectivity index (χ4v) is 5.02. The van der Waals surface area contributed by atoms with Gasteiger partial charge in [0.05, 0.1) is 27.2 Å². The summed E-state index contributed by atoms with van der Waals surface area (Å²) in [6, 6.07) is 18.7. The number of hydrogen-bond acceptors (Lipinski definition) is 4. The number of nitrogens with one attached hydrogen (secondary N) is 1. The minimum Gasteiger partial charge on any atom is -0.493 e. The van der Waals surface area contributed by atoms with Crippen LogP contribution in [0.3, 0.4) is 0 Å². The number of aliphatic carboxylic acids is 1. The number of unbranched alkanes of at least 4 members (excludes halogenated alkanes) is 1. The molecule has 3 aromatic carbocycles. The van der Waals surface area contributed by atoms with Gasteiger partial charge in [0.1, 0.15) is 5.75 Å². The van der Waals surface area contributed by atoms with Crippen molar-refractivity contribution in [1.29, 1.82) is 0 Å². The summed E-state index contributed by atoms with van der Waals surface area (Å²) in [4.78, 5) is 10.9. The molecule has 0 atom stereocenters. The number of carbonyl (C=O) groups is 1. The molecule has 2 N–H and O–H groups in total. The third kappa shape index (κ3) is 7.75. The summed E-state index contributed by atoms with van der Waals surface area (Å²) < 4.78 is 33.7. The Kier molecular flexibility index (Phi) is 9.60. The van der Waals surface area contributed by atoms with E-state index in [4.69, 9.17) is 33.0 Å². The van der Waals surface area contributed by atoms with Crippen LogP contribution in [0.1, 0.15) is 30.4 Å². The maximum absolute atomic E-state index is 12.7. The van der Waals surface area contributed by atoms with Gasteiger partial charge in [-0.15, -0.1) is 0 Å². The van der Waals surface area contributed by atoms with Crippen LogP contribution in [-0.2, 0) is 21.2 Å². The van der Waals surface area contributed by atoms with E-state index in [9.17, 15) is 13.2 Å². The maximum Gasteiger partial charge on any atom is 0.303 e. The number of rotatable bonds is 12. The Hall–Kier alpha value is -3.00. The summed E-state index contributed by atoms with van der Waals surface area (Å²) in [5.41, 5.74) is 1.62. The third-order valence-corrected chi connectivity index (χ3v) is 7.15. The van der Waals surface area contributed by atoms with Crippen LogP contribution >= 0.6 is 23.2 Å². The second kappa shape index (κ2) is 12.6. The molecule has 0 aliphatic carbocycles. The van der Waals surface area contributed by atoms with Crippen LogP contribution in [0, 0.1) is 0 Å². The number of anilines is 1. The fraction of sp³-hybridized carbons (Fsp3) is 0.192. The Morgan fingerprint density at radius 2 is 1.71 bits per heavy atom. The summed E-state index contributed by atoms with van der Waals surface area (Å²) in [5.74, 6) is -0.157. The molecule has 6 nitrogen and oxygen atoms in total. The molecular formula is C26H25Cl2NO5S. The van der Waals surface area contributed by atoms with Gasteiger partial charge in [-0.1, -0.05) is 77.8 Å². The first-order valence-corrected chi connectivity index (χ1v) is 13.2. The molecule has 0 aliphatic heterocycles. The number of carboxylic acid groups (broad SMARTS) is 1. The van der Waals surface area contributed by atoms with Crippen LogP contribution in [0.25, 0.3) is 6.08 Å². The van der Waals surface area contributed by atoms with Crippen molar-refractivity contribution >= 4 is 51.0 Å². The zero-order chi connectivity index (χ0) is 25.3. The number of ether oxygens (including phenoxy) is 1. The second-order valence-corrected chi connectivity index (χ2v) is 10.1. The molecule has 0 aliphatic rings. The average Bonchev–Trinajstić information content (AvgIpc) is 2.85. The van der Waals surface area contributed by atoms with Gasteiger partial charge >= 0.3 is 5.97 Å². The highest BCUT2D eigenvalue weighted by Crippen LogP contribution is 2.35. The lowest BCUT2D eigenvalue weighted by molar-refractivity contribution is -0.136. The van der Waals surface area contributed by atoms with Crippen LogP contribution in [0.5, 0.6) is 5.75 Å². The number of para-hydroxylation sites is 1. The van der Waals surface area contributed by atoms with E-state index in [1.54, 1.807) is 36.4 Å². The van der Waals surface area contributed by atoms with E-state index in [0.717, 1.165) is 12.0 Å². The molecule has 0 unspecified atom stereocenters. The number of allylic oxidation sites excluding steroid dienone is 1. The van der Waals surface area contributed by atoms with Crippen molar-refractivity contribution in [1.82, 2.24) is 0 Å². The Morgan fingerprint density at radius 3 is 2.46 bits per heavy atom. The lowest BCUT2D eigenvalue weighted by Crippen LogP contribution is -2.13. The first-order valence-electron chi connectivity index (χ1n) is 10.9. The standard InChI is InChI=1S/C26H25Cl2NO5S/c27-22-16-14-20(25(28)26(22)29-35(32,33)21-11-4-1-5-12-21)10-3-2-8-18-34-23-13-7-6-9-19(23)15-17-24(30)31/h1,3-7,9-14,16,29H,2,8,15,17-18H2,(H,30,31)/b10-3+. The van der Waals surface area contributed by atoms with Gasteiger partial charge in [-0.3, -0.25) is 9.52 Å². The summed E-state index contributed by atoms with van der Waals surface area (Å²) in [6.45, 7) is 0.463. The van der Waals surface area contributed by atoms with Crippen LogP contribution in [-0.4, -0.2) is 26.1 Å². The summed E-state index contributed by atoms with van der Waals surface area (Å²) >= 11 is 12.7. The SMILES string of the molecule is O=C(O)CCc1ccccc1OCCC/C=C/c1ccc(Cl)c(NS(=O)(=O)c2ccccc2)c1Cl. The van der Waals surface area contributed by atoms with Gasteiger partial charge in [0, 0.05) is 6.42 Å². The zero-order valence-corrected chi connectivity index (χ0v) is 21.1. The molecule has 0 spiro atoms. The van der Waals surface area contributed by atoms with E-state index in [0.29, 0.717) is 30.8 Å². The number of hydrogen-bond donors (Lipinski definition) is 2. The summed E-state index contributed by atoms with van der Waals surface area (Å²) in [6.07, 6.45) is 5.61. The number of carboxylic acids is 1. The molecule has 3 rings (SSSR count). The van der Waals surface area contributed by atoms with Crippen molar-refractivity contribution in [3.05, 3.63) is 94.0 Å². The minimum atomic E-state index is -3.84. The van der Waals surface area contributed by atoms with Crippen molar-refractivity contribution in [3.8, 4) is 5.75 Å². The van der Waals surface area contributed by atoms with Gasteiger partial charge in [0.15, 0.2) is 0 Å². The molecule has 0 saturated heterocycles. The lowest BCUT2D eigenvalue weighted by Gasteiger charge is -2.13. The molecule has 0 radical (unpaired) electrons. The molecular weight excluding hydrogens is 509 g/mol. The summed E-state index contributed by atoms with van der Waals surface area (Å²) in [5, 5.41) is 9.29. The van der Waals surface area contributed by atoms with Crippen LogP contribution in [0.4, 0.5) is 5.69 Å². The first kappa shape index (κ1) is 26.6. The number of benzene rings is 3. The molecule has 0 amide bonds. The van der Waals surface area contributed by atoms with Crippen molar-refractivity contribution in [2.45, 2.75) is 30.6 Å². The van der Waals surface area contributed by atoms with Gasteiger partial charge in [-0.05, 0) is 54.7 Å². The van der Waals surface area contributed by atoms with Crippen molar-refractivity contribution < 1.29 is 23.1 Å². The van der Waals surface area contributed by atoms with Gasteiger partial charge in [-0.25, -0.2) is 8.42 Å². The Morgan fingerprint density at radius 1 is 1.00 bits per heavy atom. The first-order chi connectivity index (χ1) is 16.8. The summed E-state index contributed by atoms with van der Waals surface area (Å²) in [7, 11) is -3.84. The highest BCUT2D eigenvalue weighted by molar-refractivity contribution is 7.92.